The van der Waals surface area contributed by atoms with Gasteiger partial charge in [0, 0.05) is 13.1 Å². The summed E-state index contributed by atoms with van der Waals surface area (Å²) in [5.74, 6) is 0. The molecule has 6 nitrogen and oxygen atoms in total. The molecule has 1 aromatic carbocycles. The average molecular weight is 462 g/mol. The van der Waals surface area contributed by atoms with Crippen molar-refractivity contribution >= 4 is 39.1 Å². The maximum Gasteiger partial charge on any atom is 0.416 e. The molecule has 2 aromatic rings. The minimum absolute atomic E-state index is 0.0298. The van der Waals surface area contributed by atoms with Crippen molar-refractivity contribution in [2.45, 2.75) is 51.1 Å². The van der Waals surface area contributed by atoms with Crippen LogP contribution in [0.3, 0.4) is 0 Å². The maximum atomic E-state index is 13.0. The van der Waals surface area contributed by atoms with Crippen molar-refractivity contribution < 1.29 is 27.1 Å². The molecule has 0 spiro atoms. The van der Waals surface area contributed by atoms with Crippen molar-refractivity contribution in [1.29, 1.82) is 0 Å². The van der Waals surface area contributed by atoms with E-state index in [1.54, 1.807) is 4.90 Å². The van der Waals surface area contributed by atoms with Gasteiger partial charge in [0.2, 0.25) is 0 Å². The van der Waals surface area contributed by atoms with Crippen molar-refractivity contribution in [3.05, 3.63) is 22.2 Å². The molecule has 5 rings (SSSR count). The number of halogens is 4. The van der Waals surface area contributed by atoms with Crippen LogP contribution in [0, 0.1) is 0 Å². The molecule has 3 aliphatic heterocycles. The second-order valence-electron chi connectivity index (χ2n) is 8.14. The third-order valence-corrected chi connectivity index (χ3v) is 5.42. The lowest BCUT2D eigenvalue weighted by Crippen LogP contribution is -2.70. The van der Waals surface area contributed by atoms with Crippen LogP contribution >= 0.6 is 15.9 Å². The molecule has 3 aliphatic rings. The van der Waals surface area contributed by atoms with Gasteiger partial charge in [-0.3, -0.25) is 4.90 Å². The van der Waals surface area contributed by atoms with Gasteiger partial charge in [-0.1, -0.05) is 0 Å². The Labute approximate surface area is 167 Å². The minimum Gasteiger partial charge on any atom is -0.444 e. The van der Waals surface area contributed by atoms with Crippen LogP contribution in [-0.2, 0) is 10.9 Å². The first kappa shape index (κ1) is 19.4. The maximum absolute atomic E-state index is 13.0. The van der Waals surface area contributed by atoms with E-state index >= 15 is 0 Å². The lowest BCUT2D eigenvalue weighted by Gasteiger charge is -2.55. The van der Waals surface area contributed by atoms with Crippen LogP contribution in [0.25, 0.3) is 11.1 Å². The van der Waals surface area contributed by atoms with Crippen LogP contribution in [0.4, 0.5) is 24.0 Å². The molecule has 10 heteroatoms. The number of carbonyl (C=O) groups excluding carboxylic acids is 1. The highest BCUT2D eigenvalue weighted by molar-refractivity contribution is 9.10. The predicted octanol–water partition coefficient (Wildman–Crippen LogP) is 4.81. The van der Waals surface area contributed by atoms with Crippen LogP contribution in [0.15, 0.2) is 21.0 Å². The molecule has 28 heavy (non-hydrogen) atoms. The number of benzene rings is 1. The van der Waals surface area contributed by atoms with Crippen molar-refractivity contribution in [2.75, 3.05) is 18.0 Å². The lowest BCUT2D eigenvalue weighted by atomic mass is 9.88. The fourth-order valence-electron chi connectivity index (χ4n) is 3.66. The first-order valence-electron chi connectivity index (χ1n) is 8.86. The largest absolute Gasteiger partial charge is 0.444 e. The fraction of sp³-hybridized carbons (Fsp3) is 0.556. The molecule has 2 bridgehead atoms. The molecule has 0 N–H and O–H groups in total. The zero-order chi connectivity index (χ0) is 20.4. The monoisotopic (exact) mass is 461 g/mol. The van der Waals surface area contributed by atoms with Gasteiger partial charge >= 0.3 is 12.3 Å². The number of ether oxygens (including phenoxy) is 1. The second kappa shape index (κ2) is 6.27. The average Bonchev–Trinajstić information content (AvgIpc) is 2.97. The van der Waals surface area contributed by atoms with E-state index in [2.05, 4.69) is 20.9 Å². The van der Waals surface area contributed by atoms with Gasteiger partial charge in [0.15, 0.2) is 5.58 Å². The van der Waals surface area contributed by atoms with Gasteiger partial charge in [-0.25, -0.2) is 4.79 Å². The highest BCUT2D eigenvalue weighted by Gasteiger charge is 2.49. The van der Waals surface area contributed by atoms with Crippen LogP contribution < -0.4 is 4.90 Å². The van der Waals surface area contributed by atoms with Crippen molar-refractivity contribution in [3.8, 4) is 0 Å². The fourth-order valence-corrected chi connectivity index (χ4v) is 4.19. The van der Waals surface area contributed by atoms with Crippen LogP contribution in [0.2, 0.25) is 0 Å². The van der Waals surface area contributed by atoms with E-state index in [4.69, 9.17) is 9.15 Å². The van der Waals surface area contributed by atoms with Crippen molar-refractivity contribution in [1.82, 2.24) is 9.88 Å². The number of anilines is 1. The molecule has 2 atom stereocenters. The first-order chi connectivity index (χ1) is 12.9. The predicted molar refractivity (Wildman–Crippen MR) is 99.2 cm³/mol. The van der Waals surface area contributed by atoms with E-state index < -0.39 is 17.3 Å². The zero-order valence-corrected chi connectivity index (χ0v) is 17.1. The van der Waals surface area contributed by atoms with Crippen molar-refractivity contribution in [3.63, 3.8) is 0 Å². The van der Waals surface area contributed by atoms with Gasteiger partial charge in [-0.05, 0) is 55.3 Å². The third-order valence-electron chi connectivity index (χ3n) is 4.83. The topological polar surface area (TPSA) is 58.8 Å². The Bertz CT molecular complexity index is 926. The Hall–Kier alpha value is -1.97. The molecule has 0 radical (unpaired) electrons. The number of oxazole rings is 1. The molecule has 0 aliphatic carbocycles. The van der Waals surface area contributed by atoms with E-state index in [0.29, 0.717) is 13.1 Å². The number of piperazine rings is 1. The van der Waals surface area contributed by atoms with Crippen LogP contribution in [0.1, 0.15) is 32.8 Å². The number of amides is 1. The van der Waals surface area contributed by atoms with Gasteiger partial charge in [-0.15, -0.1) is 0 Å². The summed E-state index contributed by atoms with van der Waals surface area (Å²) in [6, 6.07) is 2.16. The van der Waals surface area contributed by atoms with Gasteiger partial charge < -0.3 is 14.1 Å². The number of aromatic nitrogens is 1. The molecule has 3 saturated heterocycles. The zero-order valence-electron chi connectivity index (χ0n) is 15.5. The van der Waals surface area contributed by atoms with Crippen LogP contribution in [-0.4, -0.2) is 46.8 Å². The van der Waals surface area contributed by atoms with Crippen LogP contribution in [0.5, 0.6) is 0 Å². The molecular weight excluding hydrogens is 443 g/mol. The summed E-state index contributed by atoms with van der Waals surface area (Å²) in [4.78, 5) is 20.2. The molecule has 3 fully saturated rings. The Balaban J connectivity index is 1.53. The number of nitrogens with zero attached hydrogens (tertiary/aromatic N) is 3. The van der Waals surface area contributed by atoms with Gasteiger partial charge in [-0.2, -0.15) is 18.2 Å². The molecule has 152 valence electrons. The van der Waals surface area contributed by atoms with E-state index in [1.807, 2.05) is 25.7 Å². The first-order valence-corrected chi connectivity index (χ1v) is 9.65. The Morgan fingerprint density at radius 1 is 1.25 bits per heavy atom. The van der Waals surface area contributed by atoms with E-state index in [-0.39, 0.29) is 39.8 Å². The Kier molecular flexibility index (Phi) is 4.33. The SMILES string of the molecule is CC(C)(C)OC(=O)N1C2CC1CN(c1nc3cc(C(F)(F)F)cc(Br)c3o1)C2. The number of piperidine rings is 1. The van der Waals surface area contributed by atoms with Gasteiger partial charge in [0.05, 0.1) is 22.1 Å². The van der Waals surface area contributed by atoms with Gasteiger partial charge in [0.1, 0.15) is 11.1 Å². The second-order valence-corrected chi connectivity index (χ2v) is 8.99. The molecule has 4 heterocycles. The smallest absolute Gasteiger partial charge is 0.416 e. The van der Waals surface area contributed by atoms with Crippen molar-refractivity contribution in [2.24, 2.45) is 0 Å². The highest BCUT2D eigenvalue weighted by atomic mass is 79.9. The number of alkyl halides is 3. The number of carbonyl (C=O) groups is 1. The molecule has 1 amide bonds. The van der Waals surface area contributed by atoms with Gasteiger partial charge in [0.25, 0.3) is 6.01 Å². The highest BCUT2D eigenvalue weighted by Crippen LogP contribution is 2.39. The lowest BCUT2D eigenvalue weighted by molar-refractivity contribution is -0.137. The quantitative estimate of drug-likeness (QED) is 0.609. The Morgan fingerprint density at radius 2 is 1.89 bits per heavy atom. The standard InChI is InChI=1S/C18H19BrF3N3O3/c1-17(2,3)28-16(26)25-10-6-11(25)8-24(7-10)15-23-13-5-9(18(20,21)22)4-12(19)14(13)27-15/h4-5,10-11H,6-8H2,1-3H3. The number of fused-ring (bicyclic) bond motifs is 3. The molecule has 2 unspecified atom stereocenters. The minimum atomic E-state index is -4.46. The summed E-state index contributed by atoms with van der Waals surface area (Å²) < 4.78 is 50.4. The van der Waals surface area contributed by atoms with E-state index in [1.165, 1.54) is 0 Å². The number of hydrogen-bond donors (Lipinski definition) is 0. The Morgan fingerprint density at radius 3 is 2.46 bits per heavy atom. The summed E-state index contributed by atoms with van der Waals surface area (Å²) in [6.07, 6.45) is -3.95. The van der Waals surface area contributed by atoms with E-state index in [0.717, 1.165) is 18.6 Å². The molecule has 1 aromatic heterocycles. The summed E-state index contributed by atoms with van der Waals surface area (Å²) in [5.41, 5.74) is -0.945. The number of hydrogen-bond acceptors (Lipinski definition) is 5. The van der Waals surface area contributed by atoms with E-state index in [9.17, 15) is 18.0 Å². The third kappa shape index (κ3) is 3.42. The molecular formula is C18H19BrF3N3O3. The summed E-state index contributed by atoms with van der Waals surface area (Å²) in [5, 5.41) is 0. The number of rotatable bonds is 1. The summed E-state index contributed by atoms with van der Waals surface area (Å²) in [6.45, 7) is 6.44. The summed E-state index contributed by atoms with van der Waals surface area (Å²) >= 11 is 3.13. The molecule has 0 saturated carbocycles. The summed E-state index contributed by atoms with van der Waals surface area (Å²) in [7, 11) is 0. The normalized spacial score (nSPS) is 22.4.